The van der Waals surface area contributed by atoms with Crippen LogP contribution in [0.4, 0.5) is 8.78 Å². The maximum Gasteiger partial charge on any atom is 0.191 e. The zero-order chi connectivity index (χ0) is 12.1. The molecule has 1 heterocycles. The Morgan fingerprint density at radius 1 is 1.28 bits per heavy atom. The molecule has 0 bridgehead atoms. The number of rotatable bonds is 3. The van der Waals surface area contributed by atoms with Gasteiger partial charge >= 0.3 is 0 Å². The number of guanidine groups is 1. The van der Waals surface area contributed by atoms with Crippen LogP contribution >= 0.6 is 24.0 Å². The molecule has 0 aliphatic carbocycles. The first-order valence-corrected chi connectivity index (χ1v) is 5.72. The third-order valence-corrected chi connectivity index (χ3v) is 2.63. The first-order valence-electron chi connectivity index (χ1n) is 5.72. The molecule has 1 aliphatic heterocycles. The molecule has 6 heteroatoms. The first-order chi connectivity index (χ1) is 8.27. The highest BCUT2D eigenvalue weighted by atomic mass is 127. The smallest absolute Gasteiger partial charge is 0.191 e. The van der Waals surface area contributed by atoms with E-state index in [1.54, 1.807) is 0 Å². The fraction of sp³-hybridized carbons (Fsp3) is 0.417. The molecular weight excluding hydrogens is 351 g/mol. The molecule has 0 aromatic heterocycles. The lowest BCUT2D eigenvalue weighted by Gasteiger charge is -2.16. The van der Waals surface area contributed by atoms with Gasteiger partial charge in [0, 0.05) is 25.2 Å². The van der Waals surface area contributed by atoms with Gasteiger partial charge in [-0.2, -0.15) is 0 Å². The van der Waals surface area contributed by atoms with Crippen LogP contribution in [0, 0.1) is 11.6 Å². The average molecular weight is 367 g/mol. The summed E-state index contributed by atoms with van der Waals surface area (Å²) >= 11 is 0. The highest BCUT2D eigenvalue weighted by Gasteiger charge is 2.08. The van der Waals surface area contributed by atoms with Crippen LogP contribution in [0.1, 0.15) is 12.0 Å². The lowest BCUT2D eigenvalue weighted by Crippen LogP contribution is -2.41. The molecule has 0 saturated heterocycles. The standard InChI is InChI=1S/C12H15F2N3.HI/c13-10-3-1-4-11(14)9(10)5-8-17-12-15-6-2-7-16-12;/h1,3-4H,2,5-8H2,(H2,15,16,17);1H. The molecule has 0 saturated carbocycles. The molecule has 18 heavy (non-hydrogen) atoms. The third-order valence-electron chi connectivity index (χ3n) is 2.63. The molecule has 1 aromatic rings. The van der Waals surface area contributed by atoms with Gasteiger partial charge in [-0.15, -0.1) is 24.0 Å². The van der Waals surface area contributed by atoms with Crippen molar-refractivity contribution in [2.75, 3.05) is 19.6 Å². The average Bonchev–Trinajstić information content (AvgIpc) is 2.34. The quantitative estimate of drug-likeness (QED) is 0.803. The van der Waals surface area contributed by atoms with Gasteiger partial charge in [-0.1, -0.05) is 6.07 Å². The summed E-state index contributed by atoms with van der Waals surface area (Å²) in [6.45, 7) is 2.15. The zero-order valence-corrected chi connectivity index (χ0v) is 12.2. The number of hydrogen-bond donors (Lipinski definition) is 2. The van der Waals surface area contributed by atoms with E-state index in [4.69, 9.17) is 0 Å². The van der Waals surface area contributed by atoms with E-state index in [9.17, 15) is 8.78 Å². The summed E-state index contributed by atoms with van der Waals surface area (Å²) in [7, 11) is 0. The van der Waals surface area contributed by atoms with Crippen molar-refractivity contribution < 1.29 is 8.78 Å². The summed E-state index contributed by atoms with van der Waals surface area (Å²) in [6, 6.07) is 3.91. The van der Waals surface area contributed by atoms with Crippen molar-refractivity contribution in [2.24, 2.45) is 4.99 Å². The molecule has 3 nitrogen and oxygen atoms in total. The number of hydrogen-bond acceptors (Lipinski definition) is 3. The van der Waals surface area contributed by atoms with Gasteiger partial charge in [0.2, 0.25) is 0 Å². The normalized spacial score (nSPS) is 14.2. The minimum Gasteiger partial charge on any atom is -0.356 e. The molecule has 0 unspecified atom stereocenters. The van der Waals surface area contributed by atoms with Crippen LogP contribution in [0.2, 0.25) is 0 Å². The van der Waals surface area contributed by atoms with Gasteiger partial charge in [-0.05, 0) is 25.0 Å². The van der Waals surface area contributed by atoms with E-state index >= 15 is 0 Å². The molecule has 0 radical (unpaired) electrons. The van der Waals surface area contributed by atoms with Gasteiger partial charge in [0.05, 0.1) is 0 Å². The molecule has 0 fully saturated rings. The number of nitrogens with one attached hydrogen (secondary N) is 2. The van der Waals surface area contributed by atoms with Crippen LogP contribution in [-0.2, 0) is 6.42 Å². The van der Waals surface area contributed by atoms with Gasteiger partial charge < -0.3 is 10.6 Å². The molecule has 1 aromatic carbocycles. The van der Waals surface area contributed by atoms with Gasteiger partial charge in [0.1, 0.15) is 11.6 Å². The lowest BCUT2D eigenvalue weighted by molar-refractivity contribution is 0.552. The van der Waals surface area contributed by atoms with Crippen LogP contribution in [0.3, 0.4) is 0 Å². The second-order valence-corrected chi connectivity index (χ2v) is 3.89. The Labute approximate surface area is 122 Å². The molecule has 0 amide bonds. The van der Waals surface area contributed by atoms with Crippen molar-refractivity contribution in [3.8, 4) is 0 Å². The Hall–Kier alpha value is -0.920. The third kappa shape index (κ3) is 4.08. The van der Waals surface area contributed by atoms with Gasteiger partial charge in [-0.3, -0.25) is 4.99 Å². The summed E-state index contributed by atoms with van der Waals surface area (Å²) in [5.41, 5.74) is 0.122. The minimum absolute atomic E-state index is 0. The van der Waals surface area contributed by atoms with Gasteiger partial charge in [0.25, 0.3) is 0 Å². The Bertz CT molecular complexity index is 404. The maximum absolute atomic E-state index is 13.3. The largest absolute Gasteiger partial charge is 0.356 e. The first kappa shape index (κ1) is 15.1. The fourth-order valence-electron chi connectivity index (χ4n) is 1.73. The highest BCUT2D eigenvalue weighted by Crippen LogP contribution is 2.11. The van der Waals surface area contributed by atoms with Gasteiger partial charge in [0.15, 0.2) is 5.96 Å². The van der Waals surface area contributed by atoms with Crippen LogP contribution in [0.5, 0.6) is 0 Å². The molecular formula is C12H16F2IN3. The van der Waals surface area contributed by atoms with Crippen LogP contribution in [0.25, 0.3) is 0 Å². The second-order valence-electron chi connectivity index (χ2n) is 3.89. The van der Waals surface area contributed by atoms with Crippen molar-refractivity contribution in [1.29, 1.82) is 0 Å². The SMILES string of the molecule is Fc1cccc(F)c1CCNC1=NCCCN1.I. The van der Waals surface area contributed by atoms with E-state index in [0.29, 0.717) is 18.9 Å². The van der Waals surface area contributed by atoms with Crippen molar-refractivity contribution in [3.63, 3.8) is 0 Å². The summed E-state index contributed by atoms with van der Waals surface area (Å²) in [6.07, 6.45) is 1.33. The van der Waals surface area contributed by atoms with E-state index in [0.717, 1.165) is 19.5 Å². The van der Waals surface area contributed by atoms with Crippen LogP contribution in [0.15, 0.2) is 23.2 Å². The van der Waals surface area contributed by atoms with Crippen LogP contribution in [-0.4, -0.2) is 25.6 Å². The topological polar surface area (TPSA) is 36.4 Å². The van der Waals surface area contributed by atoms with Crippen molar-refractivity contribution in [2.45, 2.75) is 12.8 Å². The number of halogens is 3. The Morgan fingerprint density at radius 2 is 2.00 bits per heavy atom. The lowest BCUT2D eigenvalue weighted by atomic mass is 10.1. The van der Waals surface area contributed by atoms with Crippen molar-refractivity contribution in [1.82, 2.24) is 10.6 Å². The number of aliphatic imine (C=N–C) groups is 1. The second kappa shape index (κ2) is 7.50. The summed E-state index contributed by atoms with van der Waals surface area (Å²) in [5.74, 6) is -0.274. The Morgan fingerprint density at radius 3 is 2.61 bits per heavy atom. The van der Waals surface area contributed by atoms with Crippen molar-refractivity contribution >= 4 is 29.9 Å². The van der Waals surface area contributed by atoms with E-state index in [1.807, 2.05) is 0 Å². The highest BCUT2D eigenvalue weighted by molar-refractivity contribution is 14.0. The number of benzene rings is 1. The maximum atomic E-state index is 13.3. The van der Waals surface area contributed by atoms with E-state index in [1.165, 1.54) is 18.2 Å². The molecule has 100 valence electrons. The predicted molar refractivity (Wildman–Crippen MR) is 78.4 cm³/mol. The van der Waals surface area contributed by atoms with Crippen LogP contribution < -0.4 is 10.6 Å². The monoisotopic (exact) mass is 367 g/mol. The molecule has 0 atom stereocenters. The zero-order valence-electron chi connectivity index (χ0n) is 9.88. The minimum atomic E-state index is -0.495. The summed E-state index contributed by atoms with van der Waals surface area (Å²) in [5, 5.41) is 6.12. The summed E-state index contributed by atoms with van der Waals surface area (Å²) in [4.78, 5) is 4.21. The molecule has 2 rings (SSSR count). The molecule has 2 N–H and O–H groups in total. The van der Waals surface area contributed by atoms with Gasteiger partial charge in [-0.25, -0.2) is 8.78 Å². The predicted octanol–water partition coefficient (Wildman–Crippen LogP) is 2.06. The van der Waals surface area contributed by atoms with E-state index in [-0.39, 0.29) is 29.5 Å². The molecule has 1 aliphatic rings. The Kier molecular flexibility index (Phi) is 6.31. The number of nitrogens with zero attached hydrogens (tertiary/aromatic N) is 1. The van der Waals surface area contributed by atoms with E-state index in [2.05, 4.69) is 15.6 Å². The van der Waals surface area contributed by atoms with E-state index < -0.39 is 11.6 Å². The van der Waals surface area contributed by atoms with Crippen molar-refractivity contribution in [3.05, 3.63) is 35.4 Å². The Balaban J connectivity index is 0.00000162. The molecule has 0 spiro atoms. The summed E-state index contributed by atoms with van der Waals surface area (Å²) < 4.78 is 26.6. The fourth-order valence-corrected chi connectivity index (χ4v) is 1.73.